The van der Waals surface area contributed by atoms with E-state index in [0.29, 0.717) is 29.5 Å². The first-order chi connectivity index (χ1) is 13.6. The summed E-state index contributed by atoms with van der Waals surface area (Å²) in [5.41, 5.74) is 4.66. The molecular formula is C18H18F4N6O. The number of hydrogen-bond donors (Lipinski definition) is 2. The van der Waals surface area contributed by atoms with Crippen LogP contribution in [0.3, 0.4) is 0 Å². The summed E-state index contributed by atoms with van der Waals surface area (Å²) in [5, 5.41) is 3.07. The van der Waals surface area contributed by atoms with E-state index >= 15 is 0 Å². The van der Waals surface area contributed by atoms with E-state index in [-0.39, 0.29) is 6.54 Å². The van der Waals surface area contributed by atoms with Crippen molar-refractivity contribution in [1.29, 1.82) is 0 Å². The molecule has 0 fully saturated rings. The number of halogens is 4. The topological polar surface area (TPSA) is 97.0 Å². The second kappa shape index (κ2) is 7.64. The molecule has 1 atom stereocenters. The van der Waals surface area contributed by atoms with E-state index in [1.807, 2.05) is 0 Å². The summed E-state index contributed by atoms with van der Waals surface area (Å²) >= 11 is 0. The second-order valence-electron chi connectivity index (χ2n) is 6.49. The van der Waals surface area contributed by atoms with Gasteiger partial charge in [0.1, 0.15) is 11.6 Å². The van der Waals surface area contributed by atoms with Gasteiger partial charge >= 0.3 is 6.18 Å². The number of anilines is 1. The van der Waals surface area contributed by atoms with Gasteiger partial charge in [0.25, 0.3) is 5.91 Å². The highest BCUT2D eigenvalue weighted by atomic mass is 19.4. The zero-order valence-electron chi connectivity index (χ0n) is 15.6. The van der Waals surface area contributed by atoms with Gasteiger partial charge in [0.2, 0.25) is 0 Å². The van der Waals surface area contributed by atoms with Gasteiger partial charge in [-0.05, 0) is 26.0 Å². The van der Waals surface area contributed by atoms with Crippen LogP contribution in [0.2, 0.25) is 0 Å². The molecule has 11 heteroatoms. The van der Waals surface area contributed by atoms with Gasteiger partial charge in [0.15, 0.2) is 11.5 Å². The standard InChI is InChI=1S/C18H18F4N6O/c1-9-15(23)12(27-13-4-7-24-10(2)26-13)5-8-28(9)17(29)11-3-6-25-16(14(11)19)18(20,21)22/h3-4,6-7,9H,5,8,23H2,1-2H3,(H,24,26,27). The molecule has 0 saturated carbocycles. The van der Waals surface area contributed by atoms with Gasteiger partial charge in [-0.3, -0.25) is 4.79 Å². The van der Waals surface area contributed by atoms with Crippen LogP contribution >= 0.6 is 0 Å². The largest absolute Gasteiger partial charge is 0.436 e. The number of rotatable bonds is 3. The van der Waals surface area contributed by atoms with Gasteiger partial charge in [0, 0.05) is 31.1 Å². The van der Waals surface area contributed by atoms with Crippen LogP contribution in [-0.4, -0.2) is 38.3 Å². The molecule has 154 valence electrons. The molecule has 3 rings (SSSR count). The zero-order chi connectivity index (χ0) is 21.3. The summed E-state index contributed by atoms with van der Waals surface area (Å²) in [4.78, 5) is 25.2. The van der Waals surface area contributed by atoms with Gasteiger partial charge in [-0.15, -0.1) is 0 Å². The first kappa shape index (κ1) is 20.5. The van der Waals surface area contributed by atoms with Crippen molar-refractivity contribution in [3.8, 4) is 0 Å². The molecule has 1 aliphatic heterocycles. The highest BCUT2D eigenvalue weighted by Crippen LogP contribution is 2.31. The Morgan fingerprint density at radius 2 is 1.97 bits per heavy atom. The Hall–Kier alpha value is -3.24. The maximum Gasteiger partial charge on any atom is 0.436 e. The molecule has 29 heavy (non-hydrogen) atoms. The molecule has 7 nitrogen and oxygen atoms in total. The minimum atomic E-state index is -5.00. The average molecular weight is 410 g/mol. The van der Waals surface area contributed by atoms with Gasteiger partial charge in [-0.2, -0.15) is 13.2 Å². The van der Waals surface area contributed by atoms with Crippen LogP contribution in [0, 0.1) is 12.7 Å². The average Bonchev–Trinajstić information content (AvgIpc) is 2.64. The molecule has 2 aromatic rings. The monoisotopic (exact) mass is 410 g/mol. The molecule has 1 aliphatic rings. The number of amides is 1. The van der Waals surface area contributed by atoms with Crippen LogP contribution in [-0.2, 0) is 6.18 Å². The molecule has 0 aliphatic carbocycles. The molecule has 3 heterocycles. The van der Waals surface area contributed by atoms with Crippen molar-refractivity contribution < 1.29 is 22.4 Å². The van der Waals surface area contributed by atoms with Crippen molar-refractivity contribution in [3.63, 3.8) is 0 Å². The maximum absolute atomic E-state index is 14.3. The number of carbonyl (C=O) groups is 1. The fraction of sp³-hybridized carbons (Fsp3) is 0.333. The first-order valence-corrected chi connectivity index (χ1v) is 8.67. The van der Waals surface area contributed by atoms with Crippen molar-refractivity contribution >= 4 is 11.7 Å². The fourth-order valence-electron chi connectivity index (χ4n) is 3.04. The van der Waals surface area contributed by atoms with Crippen LogP contribution < -0.4 is 11.1 Å². The highest BCUT2D eigenvalue weighted by Gasteiger charge is 2.39. The Balaban J connectivity index is 1.85. The lowest BCUT2D eigenvalue weighted by molar-refractivity contribution is -0.143. The summed E-state index contributed by atoms with van der Waals surface area (Å²) in [5.74, 6) is -1.50. The number of nitrogens with one attached hydrogen (secondary N) is 1. The van der Waals surface area contributed by atoms with Crippen LogP contribution in [0.5, 0.6) is 0 Å². The fourth-order valence-corrected chi connectivity index (χ4v) is 3.04. The van der Waals surface area contributed by atoms with Crippen molar-refractivity contribution in [2.24, 2.45) is 5.73 Å². The number of aromatic nitrogens is 3. The number of carbonyl (C=O) groups excluding carboxylic acids is 1. The van der Waals surface area contributed by atoms with Crippen LogP contribution in [0.15, 0.2) is 35.9 Å². The van der Waals surface area contributed by atoms with Gasteiger partial charge in [-0.25, -0.2) is 19.3 Å². The molecule has 0 saturated heterocycles. The van der Waals surface area contributed by atoms with Crippen LogP contribution in [0.25, 0.3) is 0 Å². The quantitative estimate of drug-likeness (QED) is 0.756. The SMILES string of the molecule is Cc1nccc(NC2=C(N)C(C)N(C(=O)c3ccnc(C(F)(F)F)c3F)CC2)n1. The normalized spacial score (nSPS) is 17.4. The zero-order valence-corrected chi connectivity index (χ0v) is 15.6. The van der Waals surface area contributed by atoms with E-state index in [2.05, 4.69) is 20.3 Å². The summed E-state index contributed by atoms with van der Waals surface area (Å²) in [7, 11) is 0. The predicted octanol–water partition coefficient (Wildman–Crippen LogP) is 2.85. The Labute approximate surface area is 163 Å². The van der Waals surface area contributed by atoms with Gasteiger partial charge in [0.05, 0.1) is 17.3 Å². The van der Waals surface area contributed by atoms with Crippen molar-refractivity contribution in [2.75, 3.05) is 11.9 Å². The third-order valence-corrected chi connectivity index (χ3v) is 4.57. The van der Waals surface area contributed by atoms with Crippen LogP contribution in [0.1, 0.15) is 35.2 Å². The molecule has 0 radical (unpaired) electrons. The third kappa shape index (κ3) is 4.13. The smallest absolute Gasteiger partial charge is 0.399 e. The lowest BCUT2D eigenvalue weighted by Crippen LogP contribution is -2.46. The number of nitrogens with two attached hydrogens (primary N) is 1. The molecule has 1 unspecified atom stereocenters. The van der Waals surface area contributed by atoms with Crippen molar-refractivity contribution in [1.82, 2.24) is 19.9 Å². The van der Waals surface area contributed by atoms with E-state index in [1.54, 1.807) is 26.1 Å². The molecule has 0 bridgehead atoms. The number of nitrogens with zero attached hydrogens (tertiary/aromatic N) is 4. The lowest BCUT2D eigenvalue weighted by Gasteiger charge is -2.35. The Bertz CT molecular complexity index is 975. The molecule has 1 amide bonds. The summed E-state index contributed by atoms with van der Waals surface area (Å²) in [6, 6.07) is 1.92. The number of pyridine rings is 1. The van der Waals surface area contributed by atoms with Crippen molar-refractivity contribution in [3.05, 3.63) is 58.8 Å². The molecule has 0 aromatic carbocycles. The van der Waals surface area contributed by atoms with Gasteiger partial charge in [-0.1, -0.05) is 0 Å². The number of hydrogen-bond acceptors (Lipinski definition) is 6. The Morgan fingerprint density at radius 1 is 1.28 bits per heavy atom. The summed E-state index contributed by atoms with van der Waals surface area (Å²) in [6.07, 6.45) is -2.37. The van der Waals surface area contributed by atoms with E-state index in [4.69, 9.17) is 5.73 Å². The minimum Gasteiger partial charge on any atom is -0.399 e. The minimum absolute atomic E-state index is 0.135. The Morgan fingerprint density at radius 3 is 2.62 bits per heavy atom. The van der Waals surface area contributed by atoms with E-state index < -0.39 is 35.2 Å². The Kier molecular flexibility index (Phi) is 5.40. The van der Waals surface area contributed by atoms with E-state index in [9.17, 15) is 22.4 Å². The summed E-state index contributed by atoms with van der Waals surface area (Å²) < 4.78 is 53.0. The maximum atomic E-state index is 14.3. The third-order valence-electron chi connectivity index (χ3n) is 4.57. The number of aryl methyl sites for hydroxylation is 1. The predicted molar refractivity (Wildman–Crippen MR) is 95.9 cm³/mol. The molecule has 3 N–H and O–H groups in total. The highest BCUT2D eigenvalue weighted by molar-refractivity contribution is 5.95. The molecule has 0 spiro atoms. The van der Waals surface area contributed by atoms with Gasteiger partial charge < -0.3 is 16.0 Å². The van der Waals surface area contributed by atoms with Crippen LogP contribution in [0.4, 0.5) is 23.4 Å². The second-order valence-corrected chi connectivity index (χ2v) is 6.49. The molecular weight excluding hydrogens is 392 g/mol. The summed E-state index contributed by atoms with van der Waals surface area (Å²) in [6.45, 7) is 3.48. The lowest BCUT2D eigenvalue weighted by atomic mass is 10.0. The molecule has 2 aromatic heterocycles. The first-order valence-electron chi connectivity index (χ1n) is 8.67. The van der Waals surface area contributed by atoms with E-state index in [1.165, 1.54) is 4.90 Å². The number of alkyl halides is 3. The van der Waals surface area contributed by atoms with Crippen molar-refractivity contribution in [2.45, 2.75) is 32.5 Å². The van der Waals surface area contributed by atoms with E-state index in [0.717, 1.165) is 12.3 Å².